The molecule has 0 saturated carbocycles. The number of aldehydes is 1. The molecule has 0 bridgehead atoms. The summed E-state index contributed by atoms with van der Waals surface area (Å²) in [6.07, 6.45) is 5.53. The zero-order valence-corrected chi connectivity index (χ0v) is 46.7. The minimum atomic E-state index is -1.26. The summed E-state index contributed by atoms with van der Waals surface area (Å²) in [7, 11) is -0.893. The van der Waals surface area contributed by atoms with Crippen LogP contribution in [0.1, 0.15) is 46.7 Å². The Hall–Kier alpha value is -6.85. The van der Waals surface area contributed by atoms with Crippen molar-refractivity contribution in [2.24, 2.45) is 0 Å². The van der Waals surface area contributed by atoms with Crippen LogP contribution in [-0.2, 0) is 42.3 Å². The second-order valence-electron chi connectivity index (χ2n) is 21.2. The van der Waals surface area contributed by atoms with E-state index >= 15 is 0 Å². The van der Waals surface area contributed by atoms with Gasteiger partial charge in [0.1, 0.15) is 36.4 Å². The largest absolute Gasteiger partial charge is 0.505 e. The second-order valence-corrected chi connectivity index (χ2v) is 32.4. The molecule has 20 heteroatoms. The topological polar surface area (TPSA) is 201 Å². The lowest BCUT2D eigenvalue weighted by Gasteiger charge is -2.16. The third-order valence-corrected chi connectivity index (χ3v) is 16.3. The van der Waals surface area contributed by atoms with Gasteiger partial charge in [-0.3, -0.25) is 9.89 Å². The van der Waals surface area contributed by atoms with Gasteiger partial charge in [0.25, 0.3) is 0 Å². The van der Waals surface area contributed by atoms with Crippen LogP contribution in [0.4, 0.5) is 13.6 Å². The van der Waals surface area contributed by atoms with E-state index in [1.165, 1.54) is 17.0 Å². The van der Waals surface area contributed by atoms with Crippen LogP contribution >= 0.6 is 0 Å². The predicted molar refractivity (Wildman–Crippen MR) is 296 cm³/mol. The maximum atomic E-state index is 14.7. The minimum Gasteiger partial charge on any atom is -0.505 e. The molecule has 0 unspecified atom stereocenters. The van der Waals surface area contributed by atoms with E-state index in [0.717, 1.165) is 74.4 Å². The van der Waals surface area contributed by atoms with Gasteiger partial charge in [-0.05, 0) is 113 Å². The van der Waals surface area contributed by atoms with Gasteiger partial charge in [-0.15, -0.1) is 0 Å². The van der Waals surface area contributed by atoms with Crippen molar-refractivity contribution in [3.63, 3.8) is 0 Å². The lowest BCUT2D eigenvalue weighted by Crippen LogP contribution is -2.38. The molecule has 0 saturated heterocycles. The number of phenolic OH excluding ortho intramolecular Hbond substituents is 1. The third kappa shape index (κ3) is 13.9. The molecule has 0 spiro atoms. The van der Waals surface area contributed by atoms with Crippen molar-refractivity contribution in [2.45, 2.75) is 105 Å². The van der Waals surface area contributed by atoms with Crippen molar-refractivity contribution in [2.75, 3.05) is 33.4 Å². The van der Waals surface area contributed by atoms with Crippen LogP contribution < -0.4 is 5.32 Å². The number of carbonyl (C=O) groups is 2. The number of benzene rings is 4. The summed E-state index contributed by atoms with van der Waals surface area (Å²) < 4.78 is 44.5. The molecule has 0 radical (unpaired) electrons. The zero-order valence-electron chi connectivity index (χ0n) is 44.7. The van der Waals surface area contributed by atoms with Crippen molar-refractivity contribution < 1.29 is 38.1 Å². The number of hydrogen-bond acceptors (Lipinski definition) is 10. The molecule has 398 valence electrons. The SMILES string of the molecule is CCc1cc(C)c(F)cc1-c1ccc2c(-c3nc(C=O)cn3COCC[Si](C)(C)C)nn(COCC[Si](C)(C)C)c2c1.CCc1cc(O)c(F)cc1-c1ccc2c(-c3ncc(CNC(=O)N(C)CCO)[nH]3)n[nH]c2c1. The Morgan fingerprint density at radius 2 is 1.49 bits per heavy atom. The normalized spacial score (nSPS) is 11.9. The molecule has 0 atom stereocenters. The number of halogens is 2. The number of aryl methyl sites for hydroxylation is 3. The van der Waals surface area contributed by atoms with Crippen LogP contribution in [-0.4, -0.2) is 116 Å². The number of ether oxygens (including phenoxy) is 2. The maximum absolute atomic E-state index is 14.7. The van der Waals surface area contributed by atoms with Gasteiger partial charge >= 0.3 is 6.03 Å². The molecule has 4 aromatic carbocycles. The quantitative estimate of drug-likeness (QED) is 0.0262. The Morgan fingerprint density at radius 3 is 2.15 bits per heavy atom. The fourth-order valence-electron chi connectivity index (χ4n) is 8.42. The van der Waals surface area contributed by atoms with E-state index in [1.54, 1.807) is 32.4 Å². The van der Waals surface area contributed by atoms with E-state index in [-0.39, 0.29) is 50.8 Å². The van der Waals surface area contributed by atoms with E-state index in [1.807, 2.05) is 52.6 Å². The molecule has 0 aliphatic carbocycles. The number of nitrogens with one attached hydrogen (secondary N) is 3. The number of aromatic amines is 2. The van der Waals surface area contributed by atoms with Gasteiger partial charge < -0.3 is 39.5 Å². The smallest absolute Gasteiger partial charge is 0.317 e. The summed E-state index contributed by atoms with van der Waals surface area (Å²) >= 11 is 0. The molecule has 5 N–H and O–H groups in total. The van der Waals surface area contributed by atoms with Crippen LogP contribution in [0.3, 0.4) is 0 Å². The standard InChI is InChI=1S/C32H45FN4O3Si2.C23H25FN6O3/c1-9-24-16-23(2)29(33)18-28(24)25-10-11-27-30(17-25)37(22-40-13-15-42(6,7)8)35-31(27)32-34-26(20-38)19-36(32)21-39-12-14-41(3,4)5;1-3-13-9-20(32)18(24)10-17(13)14-4-5-16-19(8-14)28-29-21(16)22-25-11-15(27-22)12-26-23(33)30(2)6-7-31/h10-11,16-20H,9,12-15,21-22H2,1-8H3;4-5,8-11,31-32H,3,6-7,12H2,1-2H3,(H,25,27)(H,26,33)(H,28,29). The summed E-state index contributed by atoms with van der Waals surface area (Å²) in [6, 6.07) is 19.9. The molecule has 8 aromatic rings. The van der Waals surface area contributed by atoms with E-state index in [4.69, 9.17) is 19.7 Å². The molecule has 4 heterocycles. The first-order valence-corrected chi connectivity index (χ1v) is 32.7. The first-order chi connectivity index (χ1) is 35.7. The number of H-pyrrole nitrogens is 2. The molecule has 4 aromatic heterocycles. The number of phenols is 1. The van der Waals surface area contributed by atoms with Crippen molar-refractivity contribution in [3.05, 3.63) is 113 Å². The molecule has 8 rings (SSSR count). The van der Waals surface area contributed by atoms with Gasteiger partial charge in [0, 0.05) is 59.9 Å². The number of likely N-dealkylation sites (N-methyl/N-ethyl adjacent to an activating group) is 1. The number of carbonyl (C=O) groups excluding carboxylic acids is 2. The van der Waals surface area contributed by atoms with Crippen LogP contribution in [0.5, 0.6) is 5.75 Å². The molecule has 2 amide bonds. The Labute approximate surface area is 438 Å². The molecule has 0 aliphatic rings. The second kappa shape index (κ2) is 24.2. The molecule has 0 fully saturated rings. The Morgan fingerprint density at radius 1 is 0.853 bits per heavy atom. The molecule has 16 nitrogen and oxygen atoms in total. The van der Waals surface area contributed by atoms with Crippen molar-refractivity contribution >= 4 is 50.3 Å². The third-order valence-electron chi connectivity index (χ3n) is 12.9. The maximum Gasteiger partial charge on any atom is 0.317 e. The van der Waals surface area contributed by atoms with Crippen LogP contribution in [0, 0.1) is 18.6 Å². The summed E-state index contributed by atoms with van der Waals surface area (Å²) in [6.45, 7) is 22.0. The summed E-state index contributed by atoms with van der Waals surface area (Å²) in [4.78, 5) is 37.2. The van der Waals surface area contributed by atoms with Crippen LogP contribution in [0.2, 0.25) is 51.4 Å². The number of fused-ring (bicyclic) bond motifs is 2. The molecule has 75 heavy (non-hydrogen) atoms. The van der Waals surface area contributed by atoms with E-state index < -0.39 is 22.0 Å². The number of amides is 2. The molecule has 0 aliphatic heterocycles. The number of imidazole rings is 2. The number of aromatic hydroxyl groups is 1. The highest BCUT2D eigenvalue weighted by atomic mass is 28.3. The lowest BCUT2D eigenvalue weighted by molar-refractivity contribution is 0.0816. The van der Waals surface area contributed by atoms with Crippen LogP contribution in [0.15, 0.2) is 73.1 Å². The number of rotatable bonds is 21. The first kappa shape index (κ1) is 55.9. The van der Waals surface area contributed by atoms with Crippen molar-refractivity contribution in [3.8, 4) is 51.0 Å². The number of nitrogens with zero attached hydrogens (tertiary/aromatic N) is 7. The van der Waals surface area contributed by atoms with E-state index in [0.29, 0.717) is 65.2 Å². The van der Waals surface area contributed by atoms with Gasteiger partial charge in [0.05, 0.1) is 36.1 Å². The highest BCUT2D eigenvalue weighted by molar-refractivity contribution is 6.76. The van der Waals surface area contributed by atoms with Crippen molar-refractivity contribution in [1.82, 2.24) is 49.7 Å². The number of hydrogen-bond donors (Lipinski definition) is 5. The zero-order chi connectivity index (χ0) is 54.2. The summed E-state index contributed by atoms with van der Waals surface area (Å²) in [5.41, 5.74) is 9.82. The summed E-state index contributed by atoms with van der Waals surface area (Å²) in [5.74, 6) is -0.120. The fraction of sp³-hybridized carbons (Fsp3) is 0.382. The number of aromatic nitrogens is 8. The van der Waals surface area contributed by atoms with Gasteiger partial charge in [0.2, 0.25) is 0 Å². The predicted octanol–water partition coefficient (Wildman–Crippen LogP) is 11.2. The summed E-state index contributed by atoms with van der Waals surface area (Å²) in [5, 5.41) is 35.4. The average molecular weight is 1060 g/mol. The van der Waals surface area contributed by atoms with E-state index in [2.05, 4.69) is 82.7 Å². The van der Waals surface area contributed by atoms with Gasteiger partial charge in [-0.2, -0.15) is 10.2 Å². The minimum absolute atomic E-state index is 0.104. The average Bonchev–Trinajstić information content (AvgIpc) is 4.19. The number of urea groups is 1. The van der Waals surface area contributed by atoms with Gasteiger partial charge in [-0.1, -0.05) is 71.3 Å². The number of aliphatic hydroxyl groups is 1. The van der Waals surface area contributed by atoms with Gasteiger partial charge in [0.15, 0.2) is 29.5 Å². The Kier molecular flexibility index (Phi) is 18.1. The van der Waals surface area contributed by atoms with E-state index in [9.17, 15) is 23.5 Å². The lowest BCUT2D eigenvalue weighted by atomic mass is 9.95. The highest BCUT2D eigenvalue weighted by Crippen LogP contribution is 2.36. The monoisotopic (exact) mass is 1060 g/mol. The molecular formula is C55H70F2N10O6Si2. The van der Waals surface area contributed by atoms with Crippen molar-refractivity contribution in [1.29, 1.82) is 0 Å². The first-order valence-electron chi connectivity index (χ1n) is 25.3. The fourth-order valence-corrected chi connectivity index (χ4v) is 9.93. The Balaban J connectivity index is 0.000000225. The number of aliphatic hydroxyl groups excluding tert-OH is 1. The Bertz CT molecular complexity index is 3280. The van der Waals surface area contributed by atoms with Crippen LogP contribution in [0.25, 0.3) is 67.1 Å². The highest BCUT2D eigenvalue weighted by Gasteiger charge is 2.22. The van der Waals surface area contributed by atoms with Gasteiger partial charge in [-0.25, -0.2) is 28.2 Å². The molecular weight excluding hydrogens is 991 g/mol.